The van der Waals surface area contributed by atoms with Crippen LogP contribution in [0.1, 0.15) is 17.5 Å². The fourth-order valence-corrected chi connectivity index (χ4v) is 1.88. The number of benzene rings is 2. The van der Waals surface area contributed by atoms with Crippen molar-refractivity contribution in [3.8, 4) is 17.6 Å². The number of hydrogen-bond acceptors (Lipinski definition) is 2. The largest absolute Gasteiger partial charge is 0.489 e. The fraction of sp³-hybridized carbons (Fsp3) is 0.176. The van der Waals surface area contributed by atoms with Crippen LogP contribution in [-0.2, 0) is 6.61 Å². The van der Waals surface area contributed by atoms with Gasteiger partial charge in [-0.15, -0.1) is 0 Å². The molecular formula is C17H14ClFO2. The zero-order valence-corrected chi connectivity index (χ0v) is 12.0. The van der Waals surface area contributed by atoms with E-state index in [4.69, 9.17) is 21.4 Å². The monoisotopic (exact) mass is 304 g/mol. The summed E-state index contributed by atoms with van der Waals surface area (Å²) in [5, 5.41) is 9.27. The van der Waals surface area contributed by atoms with E-state index in [2.05, 4.69) is 11.8 Å². The number of ether oxygens (including phenoxy) is 1. The molecule has 21 heavy (non-hydrogen) atoms. The predicted molar refractivity (Wildman–Crippen MR) is 80.8 cm³/mol. The molecule has 0 aliphatic rings. The van der Waals surface area contributed by atoms with Crippen LogP contribution < -0.4 is 4.74 Å². The maximum absolute atomic E-state index is 13.6. The highest BCUT2D eigenvalue weighted by atomic mass is 35.5. The number of hydrogen-bond donors (Lipinski definition) is 1. The van der Waals surface area contributed by atoms with Gasteiger partial charge in [-0.05, 0) is 35.9 Å². The Kier molecular flexibility index (Phi) is 5.62. The van der Waals surface area contributed by atoms with E-state index in [1.54, 1.807) is 36.4 Å². The Balaban J connectivity index is 2.07. The van der Waals surface area contributed by atoms with Crippen LogP contribution in [0.25, 0.3) is 0 Å². The minimum atomic E-state index is -0.382. The van der Waals surface area contributed by atoms with E-state index in [0.29, 0.717) is 29.4 Å². The third kappa shape index (κ3) is 4.78. The second-order valence-corrected chi connectivity index (χ2v) is 4.77. The van der Waals surface area contributed by atoms with Gasteiger partial charge in [-0.25, -0.2) is 4.39 Å². The molecule has 0 fully saturated rings. The maximum atomic E-state index is 13.6. The van der Waals surface area contributed by atoms with Crippen LogP contribution in [-0.4, -0.2) is 11.7 Å². The third-order valence-electron chi connectivity index (χ3n) is 2.69. The van der Waals surface area contributed by atoms with Crippen molar-refractivity contribution in [1.82, 2.24) is 0 Å². The van der Waals surface area contributed by atoms with Gasteiger partial charge in [0, 0.05) is 11.4 Å². The molecule has 0 saturated carbocycles. The summed E-state index contributed by atoms with van der Waals surface area (Å²) in [7, 11) is 0. The molecule has 0 aliphatic carbocycles. The van der Waals surface area contributed by atoms with Crippen molar-refractivity contribution < 1.29 is 14.2 Å². The van der Waals surface area contributed by atoms with E-state index in [9.17, 15) is 4.39 Å². The summed E-state index contributed by atoms with van der Waals surface area (Å²) in [6.45, 7) is 0.265. The van der Waals surface area contributed by atoms with Gasteiger partial charge in [0.2, 0.25) is 0 Å². The van der Waals surface area contributed by atoms with E-state index in [1.807, 2.05) is 0 Å². The van der Waals surface area contributed by atoms with E-state index in [-0.39, 0.29) is 12.4 Å². The molecule has 0 bridgehead atoms. The molecule has 1 N–H and O–H groups in total. The fourth-order valence-electron chi connectivity index (χ4n) is 1.70. The maximum Gasteiger partial charge on any atom is 0.138 e. The van der Waals surface area contributed by atoms with Crippen molar-refractivity contribution in [2.45, 2.75) is 13.0 Å². The smallest absolute Gasteiger partial charge is 0.138 e. The number of halogens is 2. The molecule has 0 unspecified atom stereocenters. The molecule has 0 aliphatic heterocycles. The van der Waals surface area contributed by atoms with E-state index in [1.165, 1.54) is 6.07 Å². The van der Waals surface area contributed by atoms with Gasteiger partial charge in [-0.1, -0.05) is 35.6 Å². The first-order valence-corrected chi connectivity index (χ1v) is 6.83. The molecule has 2 nitrogen and oxygen atoms in total. The standard InChI is InChI=1S/C17H14ClFO2/c18-15-5-3-6-16(11-15)21-12-13-7-8-17(19)14(10-13)4-1-2-9-20/h3,5-8,10-11,20H,2,9,12H2. The quantitative estimate of drug-likeness (QED) is 0.871. The first kappa shape index (κ1) is 15.4. The SMILES string of the molecule is OCCC#Cc1cc(COc2cccc(Cl)c2)ccc1F. The molecule has 0 amide bonds. The average Bonchev–Trinajstić information content (AvgIpc) is 2.48. The zero-order valence-electron chi connectivity index (χ0n) is 11.3. The highest BCUT2D eigenvalue weighted by Gasteiger charge is 2.02. The second-order valence-electron chi connectivity index (χ2n) is 4.34. The summed E-state index contributed by atoms with van der Waals surface area (Å²) >= 11 is 5.88. The van der Waals surface area contributed by atoms with E-state index >= 15 is 0 Å². The predicted octanol–water partition coefficient (Wildman–Crippen LogP) is 3.79. The zero-order chi connectivity index (χ0) is 15.1. The number of aliphatic hydroxyl groups excluding tert-OH is 1. The summed E-state index contributed by atoms with van der Waals surface area (Å²) in [6, 6.07) is 11.7. The Labute approximate surface area is 128 Å². The van der Waals surface area contributed by atoms with Crippen LogP contribution in [0.15, 0.2) is 42.5 Å². The Morgan fingerprint density at radius 3 is 2.81 bits per heavy atom. The summed E-state index contributed by atoms with van der Waals surface area (Å²) in [5.41, 5.74) is 1.11. The van der Waals surface area contributed by atoms with Crippen LogP contribution >= 0.6 is 11.6 Å². The summed E-state index contributed by atoms with van der Waals surface area (Å²) in [6.07, 6.45) is 0.322. The van der Waals surface area contributed by atoms with Crippen molar-refractivity contribution in [3.05, 3.63) is 64.4 Å². The minimum Gasteiger partial charge on any atom is -0.489 e. The van der Waals surface area contributed by atoms with Crippen molar-refractivity contribution in [2.24, 2.45) is 0 Å². The van der Waals surface area contributed by atoms with Gasteiger partial charge in [-0.3, -0.25) is 0 Å². The molecule has 0 atom stereocenters. The van der Waals surface area contributed by atoms with Gasteiger partial charge in [0.15, 0.2) is 0 Å². The molecule has 0 saturated heterocycles. The van der Waals surface area contributed by atoms with Crippen molar-refractivity contribution in [1.29, 1.82) is 0 Å². The Morgan fingerprint density at radius 1 is 1.19 bits per heavy atom. The van der Waals surface area contributed by atoms with Crippen LogP contribution in [0, 0.1) is 17.7 Å². The van der Waals surface area contributed by atoms with Gasteiger partial charge >= 0.3 is 0 Å². The van der Waals surface area contributed by atoms with Gasteiger partial charge in [0.05, 0.1) is 12.2 Å². The van der Waals surface area contributed by atoms with Crippen LogP contribution in [0.4, 0.5) is 4.39 Å². The second kappa shape index (κ2) is 7.68. The topological polar surface area (TPSA) is 29.5 Å². The van der Waals surface area contributed by atoms with Gasteiger partial charge in [0.1, 0.15) is 18.2 Å². The molecule has 0 aromatic heterocycles. The molecule has 4 heteroatoms. The molecular weight excluding hydrogens is 291 g/mol. The van der Waals surface area contributed by atoms with Gasteiger partial charge in [-0.2, -0.15) is 0 Å². The lowest BCUT2D eigenvalue weighted by Crippen LogP contribution is -1.97. The van der Waals surface area contributed by atoms with Gasteiger partial charge in [0.25, 0.3) is 0 Å². The van der Waals surface area contributed by atoms with Crippen molar-refractivity contribution in [2.75, 3.05) is 6.61 Å². The molecule has 2 rings (SSSR count). The Bertz CT molecular complexity index is 674. The van der Waals surface area contributed by atoms with Crippen LogP contribution in [0.2, 0.25) is 5.02 Å². The lowest BCUT2D eigenvalue weighted by molar-refractivity contribution is 0.305. The lowest BCUT2D eigenvalue weighted by Gasteiger charge is -2.07. The lowest BCUT2D eigenvalue weighted by atomic mass is 10.1. The van der Waals surface area contributed by atoms with E-state index in [0.717, 1.165) is 5.56 Å². The molecule has 2 aromatic carbocycles. The first-order valence-electron chi connectivity index (χ1n) is 6.45. The number of aliphatic hydroxyl groups is 1. The highest BCUT2D eigenvalue weighted by molar-refractivity contribution is 6.30. The molecule has 0 heterocycles. The molecule has 2 aromatic rings. The normalized spacial score (nSPS) is 9.86. The first-order chi connectivity index (χ1) is 10.2. The van der Waals surface area contributed by atoms with Crippen LogP contribution in [0.5, 0.6) is 5.75 Å². The van der Waals surface area contributed by atoms with Crippen molar-refractivity contribution >= 4 is 11.6 Å². The highest BCUT2D eigenvalue weighted by Crippen LogP contribution is 2.19. The Morgan fingerprint density at radius 2 is 2.05 bits per heavy atom. The third-order valence-corrected chi connectivity index (χ3v) is 2.93. The van der Waals surface area contributed by atoms with Gasteiger partial charge < -0.3 is 9.84 Å². The molecule has 108 valence electrons. The average molecular weight is 305 g/mol. The van der Waals surface area contributed by atoms with Crippen molar-refractivity contribution in [3.63, 3.8) is 0 Å². The Hall–Kier alpha value is -2.02. The number of rotatable bonds is 4. The van der Waals surface area contributed by atoms with E-state index < -0.39 is 0 Å². The molecule has 0 spiro atoms. The summed E-state index contributed by atoms with van der Waals surface area (Å²) in [4.78, 5) is 0. The minimum absolute atomic E-state index is 0.0355. The summed E-state index contributed by atoms with van der Waals surface area (Å²) < 4.78 is 19.2. The molecule has 0 radical (unpaired) electrons. The summed E-state index contributed by atoms with van der Waals surface area (Å²) in [5.74, 6) is 5.67. The van der Waals surface area contributed by atoms with Crippen LogP contribution in [0.3, 0.4) is 0 Å².